The van der Waals surface area contributed by atoms with Crippen LogP contribution in [0.3, 0.4) is 0 Å². The maximum Gasteiger partial charge on any atom is 0.416 e. The highest BCUT2D eigenvalue weighted by molar-refractivity contribution is 6.31. The molecule has 0 aliphatic rings. The van der Waals surface area contributed by atoms with E-state index in [1.165, 1.54) is 23.0 Å². The number of benzene rings is 1. The second-order valence-corrected chi connectivity index (χ2v) is 3.21. The number of alkyl halides is 3. The van der Waals surface area contributed by atoms with Crippen LogP contribution in [0.25, 0.3) is 5.69 Å². The zero-order valence-corrected chi connectivity index (χ0v) is 8.07. The van der Waals surface area contributed by atoms with Gasteiger partial charge in [0.2, 0.25) is 0 Å². The van der Waals surface area contributed by atoms with Gasteiger partial charge in [-0.3, -0.25) is 0 Å². The molecule has 0 saturated heterocycles. The van der Waals surface area contributed by atoms with E-state index < -0.39 is 11.7 Å². The van der Waals surface area contributed by atoms with E-state index in [-0.39, 0.29) is 0 Å². The van der Waals surface area contributed by atoms with Gasteiger partial charge in [-0.25, -0.2) is 4.68 Å². The van der Waals surface area contributed by atoms with Crippen LogP contribution in [0.4, 0.5) is 13.2 Å². The standard InChI is InChI=1S/C10H6BF3N2/c11-9-5-6-15-16(9)8-3-1-7(2-4-8)10(12,13)14/h1-6H. The van der Waals surface area contributed by atoms with Gasteiger partial charge >= 0.3 is 6.18 Å². The van der Waals surface area contributed by atoms with Gasteiger partial charge in [0.05, 0.1) is 11.3 Å². The largest absolute Gasteiger partial charge is 0.416 e. The molecule has 2 aromatic rings. The van der Waals surface area contributed by atoms with E-state index in [4.69, 9.17) is 7.85 Å². The lowest BCUT2D eigenvalue weighted by atomic mass is 10.1. The molecule has 1 aromatic carbocycles. The number of rotatable bonds is 1. The lowest BCUT2D eigenvalue weighted by molar-refractivity contribution is -0.137. The van der Waals surface area contributed by atoms with Crippen molar-refractivity contribution in [2.75, 3.05) is 0 Å². The maximum absolute atomic E-state index is 12.3. The molecule has 0 spiro atoms. The number of halogens is 3. The minimum atomic E-state index is -4.33. The van der Waals surface area contributed by atoms with Crippen molar-refractivity contribution in [3.63, 3.8) is 0 Å². The van der Waals surface area contributed by atoms with Crippen LogP contribution in [0, 0.1) is 0 Å². The van der Waals surface area contributed by atoms with Crippen LogP contribution in [0.5, 0.6) is 0 Å². The predicted molar refractivity (Wildman–Crippen MR) is 54.0 cm³/mol. The monoisotopic (exact) mass is 222 g/mol. The zero-order chi connectivity index (χ0) is 11.8. The molecule has 0 fully saturated rings. The molecule has 0 N–H and O–H groups in total. The van der Waals surface area contributed by atoms with Crippen LogP contribution in [0.2, 0.25) is 0 Å². The molecule has 0 atom stereocenters. The van der Waals surface area contributed by atoms with Crippen LogP contribution in [0.1, 0.15) is 5.56 Å². The average Bonchev–Trinajstić information content (AvgIpc) is 2.63. The van der Waals surface area contributed by atoms with Gasteiger partial charge in [0.1, 0.15) is 7.85 Å². The highest BCUT2D eigenvalue weighted by atomic mass is 19.4. The van der Waals surface area contributed by atoms with E-state index in [0.717, 1.165) is 12.1 Å². The first-order valence-corrected chi connectivity index (χ1v) is 4.45. The molecule has 6 heteroatoms. The summed E-state index contributed by atoms with van der Waals surface area (Å²) in [6.45, 7) is 0. The molecule has 0 unspecified atom stereocenters. The first-order valence-electron chi connectivity index (χ1n) is 4.45. The summed E-state index contributed by atoms with van der Waals surface area (Å²) >= 11 is 0. The van der Waals surface area contributed by atoms with E-state index in [1.807, 2.05) is 0 Å². The van der Waals surface area contributed by atoms with E-state index in [2.05, 4.69) is 5.10 Å². The Balaban J connectivity index is 2.37. The Morgan fingerprint density at radius 2 is 1.69 bits per heavy atom. The van der Waals surface area contributed by atoms with Gasteiger partial charge in [-0.15, -0.1) is 0 Å². The van der Waals surface area contributed by atoms with Gasteiger partial charge in [-0.05, 0) is 35.9 Å². The molecule has 2 radical (unpaired) electrons. The Bertz CT molecular complexity index is 488. The molecule has 16 heavy (non-hydrogen) atoms. The van der Waals surface area contributed by atoms with Crippen molar-refractivity contribution in [1.29, 1.82) is 0 Å². The molecule has 0 saturated carbocycles. The second kappa shape index (κ2) is 3.70. The topological polar surface area (TPSA) is 17.8 Å². The van der Waals surface area contributed by atoms with E-state index in [9.17, 15) is 13.2 Å². The van der Waals surface area contributed by atoms with Gasteiger partial charge in [-0.2, -0.15) is 18.3 Å². The van der Waals surface area contributed by atoms with Crippen molar-refractivity contribution < 1.29 is 13.2 Å². The molecule has 1 heterocycles. The van der Waals surface area contributed by atoms with Gasteiger partial charge in [0, 0.05) is 6.20 Å². The van der Waals surface area contributed by atoms with Crippen LogP contribution in [0.15, 0.2) is 36.5 Å². The Morgan fingerprint density at radius 3 is 2.12 bits per heavy atom. The number of hydrogen-bond acceptors (Lipinski definition) is 1. The van der Waals surface area contributed by atoms with Gasteiger partial charge in [-0.1, -0.05) is 0 Å². The molecule has 2 rings (SSSR count). The molecule has 0 aliphatic carbocycles. The fourth-order valence-corrected chi connectivity index (χ4v) is 1.32. The van der Waals surface area contributed by atoms with E-state index >= 15 is 0 Å². The zero-order valence-electron chi connectivity index (χ0n) is 8.07. The van der Waals surface area contributed by atoms with Crippen LogP contribution >= 0.6 is 0 Å². The lowest BCUT2D eigenvalue weighted by Crippen LogP contribution is -2.16. The summed E-state index contributed by atoms with van der Waals surface area (Å²) < 4.78 is 38.2. The number of hydrogen-bond donors (Lipinski definition) is 0. The summed E-state index contributed by atoms with van der Waals surface area (Å²) in [6.07, 6.45) is -2.85. The SMILES string of the molecule is [B]c1ccnn1-c1ccc(C(F)(F)F)cc1. The summed E-state index contributed by atoms with van der Waals surface area (Å²) in [4.78, 5) is 0. The third-order valence-electron chi connectivity index (χ3n) is 2.11. The normalized spacial score (nSPS) is 11.7. The highest BCUT2D eigenvalue weighted by Crippen LogP contribution is 2.29. The van der Waals surface area contributed by atoms with Crippen LogP contribution < -0.4 is 5.59 Å². The molecule has 0 amide bonds. The minimum Gasteiger partial charge on any atom is -0.249 e. The van der Waals surface area contributed by atoms with Crippen molar-refractivity contribution in [2.24, 2.45) is 0 Å². The van der Waals surface area contributed by atoms with Crippen LogP contribution in [-0.2, 0) is 6.18 Å². The second-order valence-electron chi connectivity index (χ2n) is 3.21. The van der Waals surface area contributed by atoms with Crippen molar-refractivity contribution in [3.05, 3.63) is 42.1 Å². The quantitative estimate of drug-likeness (QED) is 0.671. The maximum atomic E-state index is 12.3. The molecule has 1 aromatic heterocycles. The first kappa shape index (κ1) is 10.8. The third-order valence-corrected chi connectivity index (χ3v) is 2.11. The number of nitrogens with zero attached hydrogens (tertiary/aromatic N) is 2. The first-order chi connectivity index (χ1) is 7.48. The molecule has 0 bridgehead atoms. The fourth-order valence-electron chi connectivity index (χ4n) is 1.32. The Kier molecular flexibility index (Phi) is 2.49. The van der Waals surface area contributed by atoms with Gasteiger partial charge in [0.15, 0.2) is 0 Å². The van der Waals surface area contributed by atoms with Crippen molar-refractivity contribution in [1.82, 2.24) is 9.78 Å². The highest BCUT2D eigenvalue weighted by Gasteiger charge is 2.29. The van der Waals surface area contributed by atoms with E-state index in [1.54, 1.807) is 6.07 Å². The summed E-state index contributed by atoms with van der Waals surface area (Å²) in [5.41, 5.74) is 0.178. The molecule has 80 valence electrons. The molecular formula is C10H6BF3N2. The summed E-state index contributed by atoms with van der Waals surface area (Å²) in [6, 6.07) is 6.21. The van der Waals surface area contributed by atoms with Gasteiger partial charge < -0.3 is 0 Å². The molecular weight excluding hydrogens is 216 g/mol. The van der Waals surface area contributed by atoms with Crippen molar-refractivity contribution >= 4 is 13.4 Å². The summed E-state index contributed by atoms with van der Waals surface area (Å²) in [5, 5.41) is 3.89. The Labute approximate surface area is 91.1 Å². The summed E-state index contributed by atoms with van der Waals surface area (Å²) in [5.74, 6) is 0. The van der Waals surface area contributed by atoms with E-state index in [0.29, 0.717) is 11.3 Å². The number of aromatic nitrogens is 2. The van der Waals surface area contributed by atoms with Crippen molar-refractivity contribution in [2.45, 2.75) is 6.18 Å². The fraction of sp³-hybridized carbons (Fsp3) is 0.100. The van der Waals surface area contributed by atoms with Crippen molar-refractivity contribution in [3.8, 4) is 5.69 Å². The summed E-state index contributed by atoms with van der Waals surface area (Å²) in [7, 11) is 5.57. The molecule has 0 aliphatic heterocycles. The Morgan fingerprint density at radius 1 is 1.06 bits per heavy atom. The predicted octanol–water partition coefficient (Wildman–Crippen LogP) is 1.68. The van der Waals surface area contributed by atoms with Crippen LogP contribution in [-0.4, -0.2) is 17.6 Å². The minimum absolute atomic E-state index is 0.375. The van der Waals surface area contributed by atoms with Gasteiger partial charge in [0.25, 0.3) is 0 Å². The Hall–Kier alpha value is -1.72. The third kappa shape index (κ3) is 1.96. The lowest BCUT2D eigenvalue weighted by Gasteiger charge is -2.08. The smallest absolute Gasteiger partial charge is 0.249 e. The molecule has 2 nitrogen and oxygen atoms in total. The average molecular weight is 222 g/mol.